The van der Waals surface area contributed by atoms with Gasteiger partial charge in [0.2, 0.25) is 5.91 Å². The van der Waals surface area contributed by atoms with Crippen molar-refractivity contribution in [1.29, 1.82) is 0 Å². The number of hydrogen-bond donors (Lipinski definition) is 1. The second-order valence-corrected chi connectivity index (χ2v) is 6.99. The number of carbonyl (C=O) groups excluding carboxylic acids is 1. The van der Waals surface area contributed by atoms with E-state index in [1.165, 1.54) is 6.07 Å². The molecule has 1 aliphatic rings. The van der Waals surface area contributed by atoms with Crippen LogP contribution in [0, 0.1) is 5.82 Å². The molecule has 0 aliphatic carbocycles. The lowest BCUT2D eigenvalue weighted by atomic mass is 10.0. The van der Waals surface area contributed by atoms with Crippen LogP contribution in [0.1, 0.15) is 25.5 Å². The van der Waals surface area contributed by atoms with Crippen molar-refractivity contribution in [2.24, 2.45) is 0 Å². The van der Waals surface area contributed by atoms with Gasteiger partial charge in [-0.25, -0.2) is 4.39 Å². The molecule has 1 N–H and O–H groups in total. The third-order valence-corrected chi connectivity index (χ3v) is 4.87. The van der Waals surface area contributed by atoms with Gasteiger partial charge >= 0.3 is 0 Å². The molecule has 0 spiro atoms. The lowest BCUT2D eigenvalue weighted by Gasteiger charge is -2.38. The molecule has 27 heavy (non-hydrogen) atoms. The molecule has 1 heterocycles. The molecule has 1 aromatic carbocycles. The third kappa shape index (κ3) is 6.40. The minimum Gasteiger partial charge on any atom is -0.382 e. The Morgan fingerprint density at radius 3 is 2.93 bits per heavy atom. The van der Waals surface area contributed by atoms with Crippen molar-refractivity contribution in [1.82, 2.24) is 10.2 Å². The van der Waals surface area contributed by atoms with Gasteiger partial charge in [0.15, 0.2) is 0 Å². The summed E-state index contributed by atoms with van der Waals surface area (Å²) in [5.41, 5.74) is 0.390. The summed E-state index contributed by atoms with van der Waals surface area (Å²) in [6, 6.07) is 4.23. The Labute approximate surface area is 164 Å². The van der Waals surface area contributed by atoms with Crippen LogP contribution in [0.15, 0.2) is 18.2 Å². The second kappa shape index (κ2) is 10.9. The SMILES string of the molecule is COCCOC(C)C(=O)NCC(c1c(F)cccc1Cl)N1CCOC(C)C1. The predicted molar refractivity (Wildman–Crippen MR) is 101 cm³/mol. The van der Waals surface area contributed by atoms with Crippen LogP contribution in [0.2, 0.25) is 5.02 Å². The number of nitrogens with zero attached hydrogens (tertiary/aromatic N) is 1. The zero-order valence-corrected chi connectivity index (χ0v) is 16.8. The highest BCUT2D eigenvalue weighted by molar-refractivity contribution is 6.31. The average Bonchev–Trinajstić information content (AvgIpc) is 2.63. The quantitative estimate of drug-likeness (QED) is 0.643. The lowest BCUT2D eigenvalue weighted by molar-refractivity contribution is -0.132. The number of halogens is 2. The highest BCUT2D eigenvalue weighted by Crippen LogP contribution is 2.31. The summed E-state index contributed by atoms with van der Waals surface area (Å²) < 4.78 is 30.5. The largest absolute Gasteiger partial charge is 0.382 e. The number of hydrogen-bond acceptors (Lipinski definition) is 5. The van der Waals surface area contributed by atoms with Gasteiger partial charge in [0.25, 0.3) is 0 Å². The van der Waals surface area contributed by atoms with Gasteiger partial charge in [-0.05, 0) is 26.0 Å². The monoisotopic (exact) mass is 402 g/mol. The Morgan fingerprint density at radius 2 is 2.26 bits per heavy atom. The van der Waals surface area contributed by atoms with E-state index in [4.69, 9.17) is 25.8 Å². The molecule has 1 aromatic rings. The van der Waals surface area contributed by atoms with Crippen LogP contribution in [-0.4, -0.2) is 69.6 Å². The van der Waals surface area contributed by atoms with Crippen LogP contribution in [0.4, 0.5) is 4.39 Å². The summed E-state index contributed by atoms with van der Waals surface area (Å²) in [6.07, 6.45) is -0.598. The molecule has 152 valence electrons. The third-order valence-electron chi connectivity index (χ3n) is 4.54. The smallest absolute Gasteiger partial charge is 0.248 e. The molecule has 1 aliphatic heterocycles. The number of rotatable bonds is 9. The summed E-state index contributed by atoms with van der Waals surface area (Å²) in [6.45, 7) is 6.42. The number of methoxy groups -OCH3 is 1. The van der Waals surface area contributed by atoms with Gasteiger partial charge in [0, 0.05) is 37.3 Å². The van der Waals surface area contributed by atoms with Crippen molar-refractivity contribution >= 4 is 17.5 Å². The van der Waals surface area contributed by atoms with Crippen LogP contribution in [0.5, 0.6) is 0 Å². The van der Waals surface area contributed by atoms with Crippen molar-refractivity contribution in [3.63, 3.8) is 0 Å². The fourth-order valence-electron chi connectivity index (χ4n) is 3.10. The topological polar surface area (TPSA) is 60.0 Å². The molecule has 2 rings (SSSR count). The summed E-state index contributed by atoms with van der Waals surface area (Å²) in [5, 5.41) is 3.21. The van der Waals surface area contributed by atoms with E-state index < -0.39 is 6.10 Å². The normalized spacial score (nSPS) is 20.3. The molecule has 8 heteroatoms. The van der Waals surface area contributed by atoms with Gasteiger partial charge in [-0.2, -0.15) is 0 Å². The summed E-state index contributed by atoms with van der Waals surface area (Å²) in [4.78, 5) is 14.4. The van der Waals surface area contributed by atoms with E-state index in [1.54, 1.807) is 26.2 Å². The maximum Gasteiger partial charge on any atom is 0.248 e. The van der Waals surface area contributed by atoms with E-state index in [2.05, 4.69) is 10.2 Å². The summed E-state index contributed by atoms with van der Waals surface area (Å²) in [5.74, 6) is -0.643. The Morgan fingerprint density at radius 1 is 1.48 bits per heavy atom. The van der Waals surface area contributed by atoms with Crippen LogP contribution in [0.3, 0.4) is 0 Å². The van der Waals surface area contributed by atoms with E-state index in [0.29, 0.717) is 43.5 Å². The molecular weight excluding hydrogens is 375 g/mol. The van der Waals surface area contributed by atoms with E-state index in [1.807, 2.05) is 6.92 Å². The first-order valence-electron chi connectivity index (χ1n) is 9.11. The standard InChI is InChI=1S/C19H28ClFN2O4/c1-13-12-23(7-8-26-13)17(18-15(20)5-4-6-16(18)21)11-22-19(24)14(2)27-10-9-25-3/h4-6,13-14,17H,7-12H2,1-3H3,(H,22,24). The predicted octanol–water partition coefficient (Wildman–Crippen LogP) is 2.41. The van der Waals surface area contributed by atoms with Crippen molar-refractivity contribution in [2.45, 2.75) is 32.1 Å². The van der Waals surface area contributed by atoms with Gasteiger partial charge in [0.1, 0.15) is 11.9 Å². The van der Waals surface area contributed by atoms with Gasteiger partial charge in [-0.15, -0.1) is 0 Å². The van der Waals surface area contributed by atoms with E-state index in [0.717, 1.165) is 0 Å². The number of morpholine rings is 1. The van der Waals surface area contributed by atoms with Gasteiger partial charge in [-0.1, -0.05) is 17.7 Å². The minimum atomic E-state index is -0.625. The first-order valence-corrected chi connectivity index (χ1v) is 9.49. The molecular formula is C19H28ClFN2O4. The van der Waals surface area contributed by atoms with Crippen molar-refractivity contribution in [2.75, 3.05) is 46.6 Å². The van der Waals surface area contributed by atoms with Gasteiger partial charge < -0.3 is 19.5 Å². The van der Waals surface area contributed by atoms with Crippen molar-refractivity contribution in [3.05, 3.63) is 34.6 Å². The Kier molecular flexibility index (Phi) is 8.92. The maximum atomic E-state index is 14.5. The molecule has 1 saturated heterocycles. The molecule has 0 aromatic heterocycles. The fraction of sp³-hybridized carbons (Fsp3) is 0.632. The Balaban J connectivity index is 2.10. The van der Waals surface area contributed by atoms with Crippen molar-refractivity contribution < 1.29 is 23.4 Å². The van der Waals surface area contributed by atoms with Crippen LogP contribution in [-0.2, 0) is 19.0 Å². The molecule has 1 amide bonds. The number of carbonyl (C=O) groups is 1. The average molecular weight is 403 g/mol. The van der Waals surface area contributed by atoms with Crippen LogP contribution >= 0.6 is 11.6 Å². The van der Waals surface area contributed by atoms with E-state index in [9.17, 15) is 9.18 Å². The Bertz CT molecular complexity index is 599. The van der Waals surface area contributed by atoms with Gasteiger partial charge in [0.05, 0.1) is 32.0 Å². The number of nitrogens with one attached hydrogen (secondary N) is 1. The maximum absolute atomic E-state index is 14.5. The molecule has 1 fully saturated rings. The van der Waals surface area contributed by atoms with Crippen LogP contribution in [0.25, 0.3) is 0 Å². The van der Waals surface area contributed by atoms with Crippen LogP contribution < -0.4 is 5.32 Å². The summed E-state index contributed by atoms with van der Waals surface area (Å²) in [7, 11) is 1.57. The van der Waals surface area contributed by atoms with Crippen molar-refractivity contribution in [3.8, 4) is 0 Å². The zero-order chi connectivity index (χ0) is 19.8. The highest BCUT2D eigenvalue weighted by atomic mass is 35.5. The zero-order valence-electron chi connectivity index (χ0n) is 16.0. The molecule has 3 unspecified atom stereocenters. The lowest BCUT2D eigenvalue weighted by Crippen LogP contribution is -2.48. The highest BCUT2D eigenvalue weighted by Gasteiger charge is 2.30. The first-order chi connectivity index (χ1) is 12.9. The molecule has 0 radical (unpaired) electrons. The molecule has 3 atom stereocenters. The molecule has 0 saturated carbocycles. The minimum absolute atomic E-state index is 0.0267. The van der Waals surface area contributed by atoms with E-state index in [-0.39, 0.29) is 30.4 Å². The number of ether oxygens (including phenoxy) is 3. The van der Waals surface area contributed by atoms with E-state index >= 15 is 0 Å². The fourth-order valence-corrected chi connectivity index (χ4v) is 3.39. The first kappa shape index (κ1) is 22.0. The van der Waals surface area contributed by atoms with Gasteiger partial charge in [-0.3, -0.25) is 9.69 Å². The second-order valence-electron chi connectivity index (χ2n) is 6.58. The Hall–Kier alpha value is -1.25. The summed E-state index contributed by atoms with van der Waals surface area (Å²) >= 11 is 6.29. The molecule has 0 bridgehead atoms. The number of amides is 1. The molecule has 6 nitrogen and oxygen atoms in total. The number of benzene rings is 1.